The number of rotatable bonds is 8. The molecule has 218 valence electrons. The maximum atomic E-state index is 13.8. The van der Waals surface area contributed by atoms with E-state index in [-0.39, 0.29) is 24.3 Å². The van der Waals surface area contributed by atoms with Gasteiger partial charge in [-0.1, -0.05) is 24.3 Å². The zero-order chi connectivity index (χ0) is 30.0. The number of ether oxygens (including phenoxy) is 3. The van der Waals surface area contributed by atoms with Crippen molar-refractivity contribution in [3.63, 3.8) is 0 Å². The molecular formula is C32H43NO6S. The molecule has 1 heterocycles. The van der Waals surface area contributed by atoms with Gasteiger partial charge in [0.2, 0.25) is 0 Å². The number of thioether (sulfide) groups is 1. The second kappa shape index (κ2) is 12.2. The molecule has 0 radical (unpaired) electrons. The van der Waals surface area contributed by atoms with E-state index >= 15 is 0 Å². The first-order valence-electron chi connectivity index (χ1n) is 13.7. The minimum absolute atomic E-state index is 0.000748. The van der Waals surface area contributed by atoms with Crippen molar-refractivity contribution in [2.24, 2.45) is 5.92 Å². The lowest BCUT2D eigenvalue weighted by molar-refractivity contribution is -0.171. The molecule has 3 rings (SSSR count). The summed E-state index contributed by atoms with van der Waals surface area (Å²) < 4.78 is 17.3. The maximum absolute atomic E-state index is 13.8. The predicted molar refractivity (Wildman–Crippen MR) is 158 cm³/mol. The molecule has 40 heavy (non-hydrogen) atoms. The lowest BCUT2D eigenvalue weighted by atomic mass is 9.82. The molecule has 0 saturated carbocycles. The van der Waals surface area contributed by atoms with E-state index in [0.29, 0.717) is 17.9 Å². The first kappa shape index (κ1) is 31.5. The molecule has 1 aliphatic heterocycles. The van der Waals surface area contributed by atoms with Gasteiger partial charge in [-0.05, 0) is 97.4 Å². The number of ketones is 1. The Morgan fingerprint density at radius 3 is 2.02 bits per heavy atom. The number of nitrogens with zero attached hydrogens (tertiary/aromatic N) is 1. The lowest BCUT2D eigenvalue weighted by Crippen LogP contribution is -2.43. The van der Waals surface area contributed by atoms with Crippen LogP contribution in [0.3, 0.4) is 0 Å². The zero-order valence-corrected chi connectivity index (χ0v) is 26.2. The first-order valence-corrected chi connectivity index (χ1v) is 14.9. The average molecular weight is 570 g/mol. The molecule has 2 aromatic carbocycles. The van der Waals surface area contributed by atoms with Crippen molar-refractivity contribution in [3.05, 3.63) is 58.7 Å². The van der Waals surface area contributed by atoms with Gasteiger partial charge in [-0.2, -0.15) is 0 Å². The van der Waals surface area contributed by atoms with Gasteiger partial charge in [-0.15, -0.1) is 11.8 Å². The summed E-state index contributed by atoms with van der Waals surface area (Å²) in [5.74, 6) is -0.499. The van der Waals surface area contributed by atoms with Crippen LogP contribution in [0.4, 0.5) is 4.79 Å². The van der Waals surface area contributed by atoms with E-state index in [2.05, 4.69) is 0 Å². The topological polar surface area (TPSA) is 82.1 Å². The summed E-state index contributed by atoms with van der Waals surface area (Å²) in [4.78, 5) is 42.2. The van der Waals surface area contributed by atoms with Gasteiger partial charge >= 0.3 is 12.1 Å². The summed E-state index contributed by atoms with van der Waals surface area (Å²) in [5.41, 5.74) is 1.41. The van der Waals surface area contributed by atoms with E-state index in [1.54, 1.807) is 30.5 Å². The molecule has 0 spiro atoms. The fourth-order valence-electron chi connectivity index (χ4n) is 4.86. The minimum Gasteiger partial charge on any atom is -0.476 e. The standard InChI is InChI=1S/C32H43NO6S/c1-19(2)37-30(36)33-17-25(26(18-33)27(34)22-11-13-24(40-10)14-12-22)23-15-20(3)28(21(4)16-23)38-32(8,9)29(35)39-31(5,6)7/h11-16,19,25-26H,17-18H2,1-10H3/t25?,26-/m0/s1. The molecule has 0 aliphatic carbocycles. The fraction of sp³-hybridized carbons (Fsp3) is 0.531. The zero-order valence-electron chi connectivity index (χ0n) is 25.4. The first-order chi connectivity index (χ1) is 18.5. The second-order valence-corrected chi connectivity index (χ2v) is 13.1. The summed E-state index contributed by atoms with van der Waals surface area (Å²) >= 11 is 1.62. The molecule has 8 heteroatoms. The summed E-state index contributed by atoms with van der Waals surface area (Å²) in [6.45, 7) is 17.0. The van der Waals surface area contributed by atoms with Crippen molar-refractivity contribution in [1.82, 2.24) is 4.90 Å². The van der Waals surface area contributed by atoms with Gasteiger partial charge in [-0.25, -0.2) is 9.59 Å². The molecule has 0 aromatic heterocycles. The molecule has 2 atom stereocenters. The largest absolute Gasteiger partial charge is 0.476 e. The van der Waals surface area contributed by atoms with Crippen LogP contribution in [0.2, 0.25) is 0 Å². The van der Waals surface area contributed by atoms with Crippen molar-refractivity contribution in [2.75, 3.05) is 19.3 Å². The molecule has 1 saturated heterocycles. The highest BCUT2D eigenvalue weighted by molar-refractivity contribution is 7.98. The van der Waals surface area contributed by atoms with E-state index < -0.39 is 29.2 Å². The number of aryl methyl sites for hydroxylation is 2. The molecule has 1 aliphatic rings. The highest BCUT2D eigenvalue weighted by atomic mass is 32.2. The van der Waals surface area contributed by atoms with Gasteiger partial charge in [-0.3, -0.25) is 4.79 Å². The number of carbonyl (C=O) groups excluding carboxylic acids is 3. The molecule has 0 N–H and O–H groups in total. The molecule has 0 bridgehead atoms. The van der Waals surface area contributed by atoms with Gasteiger partial charge < -0.3 is 19.1 Å². The van der Waals surface area contributed by atoms with E-state index in [4.69, 9.17) is 14.2 Å². The Kier molecular flexibility index (Phi) is 9.66. The monoisotopic (exact) mass is 569 g/mol. The third-order valence-corrected chi connectivity index (χ3v) is 7.53. The van der Waals surface area contributed by atoms with Crippen LogP contribution in [-0.2, 0) is 14.3 Å². The van der Waals surface area contributed by atoms with E-state index in [0.717, 1.165) is 21.6 Å². The van der Waals surface area contributed by atoms with Crippen molar-refractivity contribution in [3.8, 4) is 5.75 Å². The molecule has 2 aromatic rings. The van der Waals surface area contributed by atoms with Crippen molar-refractivity contribution < 1.29 is 28.6 Å². The third-order valence-electron chi connectivity index (χ3n) is 6.78. The fourth-order valence-corrected chi connectivity index (χ4v) is 5.27. The predicted octanol–water partition coefficient (Wildman–Crippen LogP) is 6.97. The summed E-state index contributed by atoms with van der Waals surface area (Å²) in [5, 5.41) is 0. The Balaban J connectivity index is 1.94. The number of Topliss-reactive ketones (excluding diaryl/α,β-unsaturated/α-hetero) is 1. The maximum Gasteiger partial charge on any atom is 0.410 e. The highest BCUT2D eigenvalue weighted by Gasteiger charge is 2.42. The van der Waals surface area contributed by atoms with Gasteiger partial charge in [0.1, 0.15) is 11.4 Å². The van der Waals surface area contributed by atoms with Crippen LogP contribution in [-0.4, -0.2) is 59.4 Å². The van der Waals surface area contributed by atoms with E-state index in [9.17, 15) is 14.4 Å². The van der Waals surface area contributed by atoms with Crippen molar-refractivity contribution in [1.29, 1.82) is 0 Å². The van der Waals surface area contributed by atoms with Crippen LogP contribution in [0.25, 0.3) is 0 Å². The Labute approximate surface area is 242 Å². The Morgan fingerprint density at radius 1 is 0.950 bits per heavy atom. The second-order valence-electron chi connectivity index (χ2n) is 12.2. The number of carbonyl (C=O) groups is 3. The molecular weight excluding hydrogens is 526 g/mol. The SMILES string of the molecule is CSc1ccc(C(=O)[C@H]2CN(C(=O)OC(C)C)CC2c2cc(C)c(OC(C)(C)C(=O)OC(C)(C)C)c(C)c2)cc1. The van der Waals surface area contributed by atoms with Gasteiger partial charge in [0, 0.05) is 35.4 Å². The lowest BCUT2D eigenvalue weighted by Gasteiger charge is -2.30. The number of hydrogen-bond donors (Lipinski definition) is 0. The summed E-state index contributed by atoms with van der Waals surface area (Å²) in [6, 6.07) is 11.6. The quantitative estimate of drug-likeness (QED) is 0.193. The molecule has 7 nitrogen and oxygen atoms in total. The van der Waals surface area contributed by atoms with Crippen LogP contribution in [0.5, 0.6) is 5.75 Å². The van der Waals surface area contributed by atoms with Crippen LogP contribution < -0.4 is 4.74 Å². The van der Waals surface area contributed by atoms with Crippen LogP contribution in [0.1, 0.15) is 81.4 Å². The van der Waals surface area contributed by atoms with Gasteiger partial charge in [0.25, 0.3) is 0 Å². The van der Waals surface area contributed by atoms with E-state index in [1.807, 2.05) is 91.1 Å². The van der Waals surface area contributed by atoms with Gasteiger partial charge in [0.05, 0.1) is 6.10 Å². The van der Waals surface area contributed by atoms with Crippen molar-refractivity contribution in [2.45, 2.75) is 90.4 Å². The smallest absolute Gasteiger partial charge is 0.410 e. The third kappa shape index (κ3) is 7.59. The Hall–Kier alpha value is -3.00. The molecule has 1 amide bonds. The van der Waals surface area contributed by atoms with Gasteiger partial charge in [0.15, 0.2) is 11.4 Å². The Bertz CT molecular complexity index is 1220. The average Bonchev–Trinajstić information content (AvgIpc) is 3.30. The molecule has 1 fully saturated rings. The number of esters is 1. The van der Waals surface area contributed by atoms with Crippen LogP contribution in [0.15, 0.2) is 41.3 Å². The number of benzene rings is 2. The number of hydrogen-bond acceptors (Lipinski definition) is 7. The van der Waals surface area contributed by atoms with Crippen LogP contribution >= 0.6 is 11.8 Å². The summed E-state index contributed by atoms with van der Waals surface area (Å²) in [7, 11) is 0. The van der Waals surface area contributed by atoms with Crippen molar-refractivity contribution >= 4 is 29.6 Å². The number of likely N-dealkylation sites (tertiary alicyclic amines) is 1. The minimum atomic E-state index is -1.20. The summed E-state index contributed by atoms with van der Waals surface area (Å²) in [6.07, 6.45) is 1.32. The Morgan fingerprint density at radius 2 is 1.52 bits per heavy atom. The number of amides is 1. The van der Waals surface area contributed by atoms with E-state index in [1.165, 1.54) is 0 Å². The highest BCUT2D eigenvalue weighted by Crippen LogP contribution is 2.39. The molecule has 1 unspecified atom stereocenters. The normalized spacial score (nSPS) is 17.6. The van der Waals surface area contributed by atoms with Crippen LogP contribution in [0, 0.1) is 19.8 Å².